The van der Waals surface area contributed by atoms with Crippen LogP contribution in [0.5, 0.6) is 0 Å². The Labute approximate surface area is 97.7 Å². The van der Waals surface area contributed by atoms with E-state index in [-0.39, 0.29) is 0 Å². The van der Waals surface area contributed by atoms with E-state index in [0.717, 1.165) is 24.5 Å². The number of hydrogen-bond donors (Lipinski definition) is 1. The first-order chi connectivity index (χ1) is 7.59. The molecule has 1 fully saturated rings. The highest BCUT2D eigenvalue weighted by Gasteiger charge is 2.31. The SMILES string of the molecule is CCc1ccc(CC(C)(O)CC2CC2)nc1. The zero-order valence-electron chi connectivity index (χ0n) is 10.2. The van der Waals surface area contributed by atoms with Gasteiger partial charge in [0.1, 0.15) is 0 Å². The first kappa shape index (κ1) is 11.6. The molecule has 0 amide bonds. The van der Waals surface area contributed by atoms with Crippen molar-refractivity contribution in [3.05, 3.63) is 29.6 Å². The molecule has 1 aliphatic rings. The number of hydrogen-bond acceptors (Lipinski definition) is 2. The summed E-state index contributed by atoms with van der Waals surface area (Å²) >= 11 is 0. The van der Waals surface area contributed by atoms with Crippen molar-refractivity contribution < 1.29 is 5.11 Å². The third kappa shape index (κ3) is 3.31. The van der Waals surface area contributed by atoms with Crippen LogP contribution >= 0.6 is 0 Å². The van der Waals surface area contributed by atoms with Crippen molar-refractivity contribution in [2.75, 3.05) is 0 Å². The summed E-state index contributed by atoms with van der Waals surface area (Å²) in [6, 6.07) is 4.15. The van der Waals surface area contributed by atoms with Gasteiger partial charge < -0.3 is 5.11 Å². The number of aliphatic hydroxyl groups is 1. The van der Waals surface area contributed by atoms with Crippen molar-refractivity contribution in [3.8, 4) is 0 Å². The van der Waals surface area contributed by atoms with E-state index in [1.807, 2.05) is 19.2 Å². The summed E-state index contributed by atoms with van der Waals surface area (Å²) in [5.74, 6) is 0.755. The lowest BCUT2D eigenvalue weighted by molar-refractivity contribution is 0.0446. The summed E-state index contributed by atoms with van der Waals surface area (Å²) in [6.45, 7) is 4.06. The number of aromatic nitrogens is 1. The summed E-state index contributed by atoms with van der Waals surface area (Å²) in [5, 5.41) is 10.3. The maximum Gasteiger partial charge on any atom is 0.0677 e. The highest BCUT2D eigenvalue weighted by molar-refractivity contribution is 5.15. The fourth-order valence-corrected chi connectivity index (χ4v) is 2.18. The molecule has 2 heteroatoms. The van der Waals surface area contributed by atoms with Gasteiger partial charge in [-0.2, -0.15) is 0 Å². The molecule has 1 N–H and O–H groups in total. The maximum absolute atomic E-state index is 10.3. The minimum absolute atomic E-state index is 0.581. The Kier molecular flexibility index (Phi) is 3.29. The minimum atomic E-state index is -0.581. The normalized spacial score (nSPS) is 19.4. The lowest BCUT2D eigenvalue weighted by Crippen LogP contribution is -2.28. The van der Waals surface area contributed by atoms with Gasteiger partial charge in [0.2, 0.25) is 0 Å². The zero-order chi connectivity index (χ0) is 11.6. The summed E-state index contributed by atoms with van der Waals surface area (Å²) < 4.78 is 0. The molecule has 88 valence electrons. The van der Waals surface area contributed by atoms with Crippen molar-refractivity contribution in [1.82, 2.24) is 4.98 Å². The Morgan fingerprint density at radius 2 is 2.19 bits per heavy atom. The summed E-state index contributed by atoms with van der Waals surface area (Å²) in [6.07, 6.45) is 7.11. The molecule has 2 nitrogen and oxygen atoms in total. The smallest absolute Gasteiger partial charge is 0.0677 e. The van der Waals surface area contributed by atoms with E-state index in [4.69, 9.17) is 0 Å². The van der Waals surface area contributed by atoms with Crippen molar-refractivity contribution in [1.29, 1.82) is 0 Å². The summed E-state index contributed by atoms with van der Waals surface area (Å²) in [7, 11) is 0. The molecule has 0 spiro atoms. The van der Waals surface area contributed by atoms with Crippen LogP contribution in [0.15, 0.2) is 18.3 Å². The van der Waals surface area contributed by atoms with Gasteiger partial charge in [0, 0.05) is 18.3 Å². The van der Waals surface area contributed by atoms with Crippen molar-refractivity contribution in [3.63, 3.8) is 0 Å². The first-order valence-corrected chi connectivity index (χ1v) is 6.25. The predicted octanol–water partition coefficient (Wildman–Crippen LogP) is 2.74. The van der Waals surface area contributed by atoms with Crippen LogP contribution in [-0.4, -0.2) is 15.7 Å². The van der Waals surface area contributed by atoms with Gasteiger partial charge in [-0.05, 0) is 37.3 Å². The fraction of sp³-hybridized carbons (Fsp3) is 0.643. The fourth-order valence-electron chi connectivity index (χ4n) is 2.18. The van der Waals surface area contributed by atoms with E-state index in [1.54, 1.807) is 0 Å². The van der Waals surface area contributed by atoms with Gasteiger partial charge in [0.15, 0.2) is 0 Å². The highest BCUT2D eigenvalue weighted by atomic mass is 16.3. The van der Waals surface area contributed by atoms with Gasteiger partial charge >= 0.3 is 0 Å². The van der Waals surface area contributed by atoms with Crippen LogP contribution in [0.4, 0.5) is 0 Å². The Balaban J connectivity index is 1.95. The maximum atomic E-state index is 10.3. The molecule has 1 heterocycles. The van der Waals surface area contributed by atoms with E-state index in [0.29, 0.717) is 6.42 Å². The molecule has 0 aromatic carbocycles. The average molecular weight is 219 g/mol. The molecule has 1 aliphatic carbocycles. The minimum Gasteiger partial charge on any atom is -0.390 e. The summed E-state index contributed by atoms with van der Waals surface area (Å²) in [5.41, 5.74) is 1.68. The van der Waals surface area contributed by atoms with Gasteiger partial charge in [-0.1, -0.05) is 25.8 Å². The van der Waals surface area contributed by atoms with Gasteiger partial charge in [-0.15, -0.1) is 0 Å². The second-order valence-electron chi connectivity index (χ2n) is 5.33. The zero-order valence-corrected chi connectivity index (χ0v) is 10.2. The first-order valence-electron chi connectivity index (χ1n) is 6.25. The van der Waals surface area contributed by atoms with Crippen LogP contribution in [0.2, 0.25) is 0 Å². The molecule has 0 saturated heterocycles. The van der Waals surface area contributed by atoms with Crippen molar-refractivity contribution in [2.45, 2.75) is 51.6 Å². The number of pyridine rings is 1. The number of rotatable bonds is 5. The second-order valence-corrected chi connectivity index (χ2v) is 5.33. The molecular weight excluding hydrogens is 198 g/mol. The molecule has 16 heavy (non-hydrogen) atoms. The Morgan fingerprint density at radius 3 is 2.69 bits per heavy atom. The Morgan fingerprint density at radius 1 is 1.44 bits per heavy atom. The average Bonchev–Trinajstić information content (AvgIpc) is 3.01. The Bertz CT molecular complexity index is 338. The standard InChI is InChI=1S/C14H21NO/c1-3-11-6-7-13(15-10-11)9-14(2,16)8-12-4-5-12/h6-7,10,12,16H,3-5,8-9H2,1-2H3. The van der Waals surface area contributed by atoms with Crippen LogP contribution in [0.3, 0.4) is 0 Å². The lowest BCUT2D eigenvalue weighted by atomic mass is 9.93. The molecule has 1 unspecified atom stereocenters. The van der Waals surface area contributed by atoms with Gasteiger partial charge in [-0.25, -0.2) is 0 Å². The van der Waals surface area contributed by atoms with E-state index in [2.05, 4.69) is 18.0 Å². The van der Waals surface area contributed by atoms with Crippen LogP contribution in [-0.2, 0) is 12.8 Å². The van der Waals surface area contributed by atoms with Crippen LogP contribution in [0.25, 0.3) is 0 Å². The lowest BCUT2D eigenvalue weighted by Gasteiger charge is -2.22. The Hall–Kier alpha value is -0.890. The van der Waals surface area contributed by atoms with E-state index >= 15 is 0 Å². The molecule has 1 aromatic heterocycles. The predicted molar refractivity (Wildman–Crippen MR) is 65.3 cm³/mol. The molecule has 1 atom stereocenters. The van der Waals surface area contributed by atoms with Crippen molar-refractivity contribution in [2.24, 2.45) is 5.92 Å². The molecule has 2 rings (SSSR count). The van der Waals surface area contributed by atoms with E-state index < -0.39 is 5.60 Å². The molecular formula is C14H21NO. The summed E-state index contributed by atoms with van der Waals surface area (Å²) in [4.78, 5) is 4.40. The van der Waals surface area contributed by atoms with Crippen LogP contribution < -0.4 is 0 Å². The van der Waals surface area contributed by atoms with E-state index in [1.165, 1.54) is 18.4 Å². The third-order valence-corrected chi connectivity index (χ3v) is 3.28. The monoisotopic (exact) mass is 219 g/mol. The molecule has 0 bridgehead atoms. The molecule has 1 saturated carbocycles. The topological polar surface area (TPSA) is 33.1 Å². The third-order valence-electron chi connectivity index (χ3n) is 3.28. The highest BCUT2D eigenvalue weighted by Crippen LogP contribution is 2.37. The quantitative estimate of drug-likeness (QED) is 0.826. The number of aryl methyl sites for hydroxylation is 1. The molecule has 0 aliphatic heterocycles. The van der Waals surface area contributed by atoms with Gasteiger partial charge in [0.25, 0.3) is 0 Å². The molecule has 1 aromatic rings. The van der Waals surface area contributed by atoms with Crippen LogP contribution in [0, 0.1) is 5.92 Å². The van der Waals surface area contributed by atoms with Crippen LogP contribution in [0.1, 0.15) is 44.4 Å². The second kappa shape index (κ2) is 4.54. The van der Waals surface area contributed by atoms with Gasteiger partial charge in [-0.3, -0.25) is 4.98 Å². The largest absolute Gasteiger partial charge is 0.390 e. The number of nitrogens with zero attached hydrogens (tertiary/aromatic N) is 1. The molecule has 0 radical (unpaired) electrons. The van der Waals surface area contributed by atoms with E-state index in [9.17, 15) is 5.11 Å². The van der Waals surface area contributed by atoms with Crippen molar-refractivity contribution >= 4 is 0 Å². The van der Waals surface area contributed by atoms with Gasteiger partial charge in [0.05, 0.1) is 5.60 Å².